The maximum absolute atomic E-state index is 5.14. The van der Waals surface area contributed by atoms with Gasteiger partial charge < -0.3 is 10.1 Å². The van der Waals surface area contributed by atoms with E-state index in [2.05, 4.69) is 45.3 Å². The molecule has 1 aromatic heterocycles. The van der Waals surface area contributed by atoms with Crippen molar-refractivity contribution in [3.8, 4) is 0 Å². The molecule has 3 nitrogen and oxygen atoms in total. The molecule has 0 spiro atoms. The summed E-state index contributed by atoms with van der Waals surface area (Å²) in [5, 5.41) is 4.33. The van der Waals surface area contributed by atoms with Crippen molar-refractivity contribution in [2.24, 2.45) is 0 Å². The van der Waals surface area contributed by atoms with Crippen molar-refractivity contribution >= 4 is 32.5 Å². The molecule has 0 radical (unpaired) electrons. The zero-order valence-corrected chi connectivity index (χ0v) is 11.8. The lowest BCUT2D eigenvalue weighted by Crippen LogP contribution is -1.99. The number of hydrogen-bond acceptors (Lipinski definition) is 3. The highest BCUT2D eigenvalue weighted by Gasteiger charge is 2.10. The summed E-state index contributed by atoms with van der Waals surface area (Å²) in [5.74, 6) is 0. The minimum absolute atomic E-state index is 0.524. The molecule has 2 rings (SSSR count). The van der Waals surface area contributed by atoms with E-state index in [0.29, 0.717) is 6.61 Å². The number of rotatable bonds is 3. The topological polar surface area (TPSA) is 34.1 Å². The molecule has 0 aliphatic rings. The fourth-order valence-electron chi connectivity index (χ4n) is 1.90. The molecule has 0 saturated heterocycles. The molecule has 0 unspecified atom stereocenters. The number of aromatic nitrogens is 1. The molecule has 17 heavy (non-hydrogen) atoms. The monoisotopic (exact) mass is 294 g/mol. The summed E-state index contributed by atoms with van der Waals surface area (Å²) >= 11 is 3.57. The Morgan fingerprint density at radius 2 is 2.18 bits per heavy atom. The van der Waals surface area contributed by atoms with Crippen molar-refractivity contribution in [2.75, 3.05) is 19.5 Å². The summed E-state index contributed by atoms with van der Waals surface area (Å²) in [6.07, 6.45) is 0. The first-order valence-electron chi connectivity index (χ1n) is 5.42. The van der Waals surface area contributed by atoms with Crippen LogP contribution in [0.3, 0.4) is 0 Å². The number of ether oxygens (including phenoxy) is 1. The van der Waals surface area contributed by atoms with Gasteiger partial charge in [-0.2, -0.15) is 0 Å². The number of anilines is 1. The third kappa shape index (κ3) is 2.28. The fraction of sp³-hybridized carbons (Fsp3) is 0.308. The Morgan fingerprint density at radius 3 is 2.82 bits per heavy atom. The minimum Gasteiger partial charge on any atom is -0.387 e. The lowest BCUT2D eigenvalue weighted by atomic mass is 10.1. The van der Waals surface area contributed by atoms with Crippen LogP contribution in [0, 0.1) is 6.92 Å². The van der Waals surface area contributed by atoms with E-state index in [-0.39, 0.29) is 0 Å². The van der Waals surface area contributed by atoms with Crippen molar-refractivity contribution in [1.82, 2.24) is 4.98 Å². The number of methoxy groups -OCH3 is 1. The van der Waals surface area contributed by atoms with E-state index in [9.17, 15) is 0 Å². The molecule has 0 aliphatic heterocycles. The molecule has 1 aromatic carbocycles. The number of nitrogens with zero attached hydrogens (tertiary/aromatic N) is 1. The standard InChI is InChI=1S/C13H15BrN2O/c1-8-4-5-10(14)12-11(15-2)6-9(7-17-3)16-13(8)12/h4-6H,7H2,1-3H3,(H,15,16). The maximum atomic E-state index is 5.14. The Kier molecular flexibility index (Phi) is 3.64. The molecule has 90 valence electrons. The second-order valence-electron chi connectivity index (χ2n) is 3.93. The summed E-state index contributed by atoms with van der Waals surface area (Å²) in [4.78, 5) is 4.64. The zero-order valence-electron chi connectivity index (χ0n) is 10.2. The van der Waals surface area contributed by atoms with Gasteiger partial charge in [0, 0.05) is 29.7 Å². The average molecular weight is 295 g/mol. The van der Waals surface area contributed by atoms with Crippen molar-refractivity contribution in [3.63, 3.8) is 0 Å². The Hall–Kier alpha value is -1.13. The normalized spacial score (nSPS) is 10.8. The van der Waals surface area contributed by atoms with Gasteiger partial charge in [0.25, 0.3) is 0 Å². The van der Waals surface area contributed by atoms with Crippen LogP contribution >= 0.6 is 15.9 Å². The van der Waals surface area contributed by atoms with Crippen LogP contribution in [-0.4, -0.2) is 19.1 Å². The highest BCUT2D eigenvalue weighted by Crippen LogP contribution is 2.32. The quantitative estimate of drug-likeness (QED) is 0.941. The zero-order chi connectivity index (χ0) is 12.4. The SMILES string of the molecule is CNc1cc(COC)nc2c(C)ccc(Br)c12. The molecule has 2 aromatic rings. The van der Waals surface area contributed by atoms with Crippen molar-refractivity contribution in [2.45, 2.75) is 13.5 Å². The molecule has 0 fully saturated rings. The van der Waals surface area contributed by atoms with E-state index in [1.54, 1.807) is 7.11 Å². The number of nitrogens with one attached hydrogen (secondary N) is 1. The smallest absolute Gasteiger partial charge is 0.0885 e. The predicted molar refractivity (Wildman–Crippen MR) is 74.4 cm³/mol. The Balaban J connectivity index is 2.77. The molecular weight excluding hydrogens is 280 g/mol. The second-order valence-corrected chi connectivity index (χ2v) is 4.79. The number of halogens is 1. The first kappa shape index (κ1) is 12.3. The molecule has 0 atom stereocenters. The van der Waals surface area contributed by atoms with Crippen LogP contribution in [0.4, 0.5) is 5.69 Å². The van der Waals surface area contributed by atoms with Gasteiger partial charge in [-0.3, -0.25) is 0 Å². The second kappa shape index (κ2) is 5.02. The Bertz CT molecular complexity index is 555. The number of fused-ring (bicyclic) bond motifs is 1. The predicted octanol–water partition coefficient (Wildman–Crippen LogP) is 3.49. The van der Waals surface area contributed by atoms with Crippen LogP contribution in [0.1, 0.15) is 11.3 Å². The van der Waals surface area contributed by atoms with Crippen molar-refractivity contribution in [1.29, 1.82) is 0 Å². The number of benzene rings is 1. The van der Waals surface area contributed by atoms with Gasteiger partial charge in [0.1, 0.15) is 0 Å². The first-order chi connectivity index (χ1) is 8.17. The highest BCUT2D eigenvalue weighted by molar-refractivity contribution is 9.10. The van der Waals surface area contributed by atoms with Gasteiger partial charge in [0.05, 0.1) is 17.8 Å². The van der Waals surface area contributed by atoms with Crippen LogP contribution in [0.5, 0.6) is 0 Å². The minimum atomic E-state index is 0.524. The van der Waals surface area contributed by atoms with E-state index >= 15 is 0 Å². The van der Waals surface area contributed by atoms with Crippen LogP contribution in [0.2, 0.25) is 0 Å². The van der Waals surface area contributed by atoms with Gasteiger partial charge in [-0.25, -0.2) is 4.98 Å². The van der Waals surface area contributed by atoms with Gasteiger partial charge >= 0.3 is 0 Å². The number of aryl methyl sites for hydroxylation is 1. The molecule has 0 bridgehead atoms. The van der Waals surface area contributed by atoms with E-state index in [0.717, 1.165) is 32.3 Å². The molecule has 0 amide bonds. The lowest BCUT2D eigenvalue weighted by molar-refractivity contribution is 0.182. The van der Waals surface area contributed by atoms with Gasteiger partial charge in [0.2, 0.25) is 0 Å². The number of pyridine rings is 1. The molecule has 0 aliphatic carbocycles. The summed E-state index contributed by atoms with van der Waals surface area (Å²) in [6, 6.07) is 6.14. The molecule has 1 heterocycles. The Morgan fingerprint density at radius 1 is 1.41 bits per heavy atom. The summed E-state index contributed by atoms with van der Waals surface area (Å²) in [7, 11) is 3.60. The fourth-order valence-corrected chi connectivity index (χ4v) is 2.44. The first-order valence-corrected chi connectivity index (χ1v) is 6.22. The largest absolute Gasteiger partial charge is 0.387 e. The van der Waals surface area contributed by atoms with E-state index in [4.69, 9.17) is 4.74 Å². The van der Waals surface area contributed by atoms with Gasteiger partial charge in [-0.05, 0) is 24.6 Å². The molecular formula is C13H15BrN2O. The van der Waals surface area contributed by atoms with Crippen LogP contribution < -0.4 is 5.32 Å². The third-order valence-electron chi connectivity index (χ3n) is 2.73. The Labute approximate surface area is 109 Å². The maximum Gasteiger partial charge on any atom is 0.0885 e. The van der Waals surface area contributed by atoms with Crippen LogP contribution in [0.15, 0.2) is 22.7 Å². The average Bonchev–Trinajstić information content (AvgIpc) is 2.33. The van der Waals surface area contributed by atoms with Gasteiger partial charge in [0.15, 0.2) is 0 Å². The van der Waals surface area contributed by atoms with E-state index in [1.165, 1.54) is 0 Å². The van der Waals surface area contributed by atoms with Crippen LogP contribution in [-0.2, 0) is 11.3 Å². The molecule has 4 heteroatoms. The van der Waals surface area contributed by atoms with Gasteiger partial charge in [-0.15, -0.1) is 0 Å². The van der Waals surface area contributed by atoms with Gasteiger partial charge in [-0.1, -0.05) is 22.0 Å². The lowest BCUT2D eigenvalue weighted by Gasteiger charge is -2.12. The molecule has 1 N–H and O–H groups in total. The molecule has 0 saturated carbocycles. The summed E-state index contributed by atoms with van der Waals surface area (Å²) in [5.41, 5.74) is 4.18. The highest BCUT2D eigenvalue weighted by atomic mass is 79.9. The van der Waals surface area contributed by atoms with Crippen LogP contribution in [0.25, 0.3) is 10.9 Å². The summed E-state index contributed by atoms with van der Waals surface area (Å²) < 4.78 is 6.20. The van der Waals surface area contributed by atoms with Crippen molar-refractivity contribution in [3.05, 3.63) is 33.9 Å². The number of hydrogen-bond donors (Lipinski definition) is 1. The third-order valence-corrected chi connectivity index (χ3v) is 3.39. The van der Waals surface area contributed by atoms with E-state index in [1.807, 2.05) is 13.1 Å². The van der Waals surface area contributed by atoms with Crippen molar-refractivity contribution < 1.29 is 4.74 Å². The summed E-state index contributed by atoms with van der Waals surface area (Å²) in [6.45, 7) is 2.59. The van der Waals surface area contributed by atoms with E-state index < -0.39 is 0 Å².